The number of hydrogen-bond acceptors (Lipinski definition) is 2. The van der Waals surface area contributed by atoms with Crippen molar-refractivity contribution in [1.29, 1.82) is 0 Å². The monoisotopic (exact) mass is 274 g/mol. The Morgan fingerprint density at radius 1 is 1.67 bits per heavy atom. The summed E-state index contributed by atoms with van der Waals surface area (Å²) in [6.07, 6.45) is 0.512. The summed E-state index contributed by atoms with van der Waals surface area (Å²) in [6.45, 7) is 1.79. The molecule has 0 saturated heterocycles. The fourth-order valence-electron chi connectivity index (χ4n) is 1.02. The normalized spacial score (nSPS) is 12.3. The maximum Gasteiger partial charge on any atom is 0.241 e. The van der Waals surface area contributed by atoms with Crippen molar-refractivity contribution < 1.29 is 9.18 Å². The van der Waals surface area contributed by atoms with Crippen molar-refractivity contribution in [3.05, 3.63) is 28.5 Å². The van der Waals surface area contributed by atoms with E-state index in [4.69, 9.17) is 5.73 Å². The molecule has 1 aromatic carbocycles. The first-order valence-corrected chi connectivity index (χ1v) is 5.36. The van der Waals surface area contributed by atoms with Gasteiger partial charge in [-0.2, -0.15) is 0 Å². The number of benzene rings is 1. The third-order valence-electron chi connectivity index (χ3n) is 1.99. The van der Waals surface area contributed by atoms with Crippen molar-refractivity contribution in [3.8, 4) is 0 Å². The minimum atomic E-state index is -0.614. The Bertz CT molecular complexity index is 350. The van der Waals surface area contributed by atoms with Gasteiger partial charge in [0.05, 0.1) is 11.7 Å². The fourth-order valence-corrected chi connectivity index (χ4v) is 1.46. The topological polar surface area (TPSA) is 55.1 Å². The van der Waals surface area contributed by atoms with Gasteiger partial charge in [-0.1, -0.05) is 13.0 Å². The molecule has 5 heteroatoms. The molecule has 0 radical (unpaired) electrons. The summed E-state index contributed by atoms with van der Waals surface area (Å²) in [5.74, 6) is -0.871. The van der Waals surface area contributed by atoms with Crippen molar-refractivity contribution in [2.45, 2.75) is 19.4 Å². The van der Waals surface area contributed by atoms with Crippen LogP contribution in [0.25, 0.3) is 0 Å². The Balaban J connectivity index is 2.85. The number of halogens is 2. The molecule has 3 nitrogen and oxygen atoms in total. The molecule has 0 heterocycles. The van der Waals surface area contributed by atoms with Crippen LogP contribution in [0.5, 0.6) is 0 Å². The van der Waals surface area contributed by atoms with Gasteiger partial charge in [-0.25, -0.2) is 4.39 Å². The molecule has 0 aliphatic heterocycles. The predicted octanol–water partition coefficient (Wildman–Crippen LogP) is 2.26. The van der Waals surface area contributed by atoms with Gasteiger partial charge in [0.15, 0.2) is 0 Å². The highest BCUT2D eigenvalue weighted by atomic mass is 79.9. The number of amides is 1. The minimum Gasteiger partial charge on any atom is -0.321 e. The molecule has 1 atom stereocenters. The maximum absolute atomic E-state index is 13.3. The number of anilines is 1. The second-order valence-corrected chi connectivity index (χ2v) is 3.95. The van der Waals surface area contributed by atoms with Gasteiger partial charge in [0, 0.05) is 4.47 Å². The molecule has 0 aliphatic rings. The van der Waals surface area contributed by atoms with Crippen LogP contribution in [0.3, 0.4) is 0 Å². The van der Waals surface area contributed by atoms with E-state index in [1.807, 2.05) is 0 Å². The quantitative estimate of drug-likeness (QED) is 0.889. The average molecular weight is 275 g/mol. The molecule has 82 valence electrons. The zero-order chi connectivity index (χ0) is 11.4. The maximum atomic E-state index is 13.3. The first-order chi connectivity index (χ1) is 7.06. The van der Waals surface area contributed by atoms with Crippen molar-refractivity contribution >= 4 is 27.5 Å². The molecule has 1 aromatic rings. The number of carbonyl (C=O) groups is 1. The van der Waals surface area contributed by atoms with Crippen molar-refractivity contribution in [3.63, 3.8) is 0 Å². The lowest BCUT2D eigenvalue weighted by Gasteiger charge is -2.11. The van der Waals surface area contributed by atoms with Gasteiger partial charge in [0.1, 0.15) is 5.82 Å². The Morgan fingerprint density at radius 3 is 2.87 bits per heavy atom. The van der Waals surface area contributed by atoms with Gasteiger partial charge in [-0.15, -0.1) is 0 Å². The number of nitrogens with two attached hydrogens (primary N) is 1. The summed E-state index contributed by atoms with van der Waals surface area (Å²) < 4.78 is 13.8. The molecule has 0 aliphatic carbocycles. The van der Waals surface area contributed by atoms with Crippen LogP contribution in [-0.2, 0) is 4.79 Å². The van der Waals surface area contributed by atoms with Crippen LogP contribution in [-0.4, -0.2) is 11.9 Å². The second-order valence-electron chi connectivity index (χ2n) is 3.10. The lowest BCUT2D eigenvalue weighted by molar-refractivity contribution is -0.117. The zero-order valence-corrected chi connectivity index (χ0v) is 9.84. The molecular weight excluding hydrogens is 263 g/mol. The summed E-state index contributed by atoms with van der Waals surface area (Å²) in [5, 5.41) is 2.44. The summed E-state index contributed by atoms with van der Waals surface area (Å²) in [7, 11) is 0. The summed E-state index contributed by atoms with van der Waals surface area (Å²) in [4.78, 5) is 11.4. The molecule has 1 amide bonds. The van der Waals surface area contributed by atoms with Crippen LogP contribution < -0.4 is 11.1 Å². The average Bonchev–Trinajstić information content (AvgIpc) is 2.22. The predicted molar refractivity (Wildman–Crippen MR) is 61.0 cm³/mol. The third kappa shape index (κ3) is 3.00. The van der Waals surface area contributed by atoms with Gasteiger partial charge in [-0.05, 0) is 34.5 Å². The SMILES string of the molecule is CC[C@@H](N)C(=O)Nc1c(F)cccc1Br. The van der Waals surface area contributed by atoms with Crippen LogP contribution in [0.4, 0.5) is 10.1 Å². The molecule has 1 rings (SSSR count). The van der Waals surface area contributed by atoms with E-state index in [0.717, 1.165) is 0 Å². The molecule has 0 saturated carbocycles. The fraction of sp³-hybridized carbons (Fsp3) is 0.300. The van der Waals surface area contributed by atoms with E-state index >= 15 is 0 Å². The van der Waals surface area contributed by atoms with Crippen LogP contribution >= 0.6 is 15.9 Å². The smallest absolute Gasteiger partial charge is 0.241 e. The number of carbonyl (C=O) groups excluding carboxylic acids is 1. The third-order valence-corrected chi connectivity index (χ3v) is 2.65. The molecule has 3 N–H and O–H groups in total. The van der Waals surface area contributed by atoms with Gasteiger partial charge in [0.2, 0.25) is 5.91 Å². The summed E-state index contributed by atoms with van der Waals surface area (Å²) in [5.41, 5.74) is 5.65. The first kappa shape index (κ1) is 12.1. The number of rotatable bonds is 3. The molecule has 0 aromatic heterocycles. The molecule has 0 spiro atoms. The number of para-hydroxylation sites is 1. The van der Waals surface area contributed by atoms with Gasteiger partial charge >= 0.3 is 0 Å². The van der Waals surface area contributed by atoms with Gasteiger partial charge in [0.25, 0.3) is 0 Å². The lowest BCUT2D eigenvalue weighted by Crippen LogP contribution is -2.35. The lowest BCUT2D eigenvalue weighted by atomic mass is 10.2. The molecular formula is C10H12BrFN2O. The van der Waals surface area contributed by atoms with Crippen LogP contribution in [0, 0.1) is 5.82 Å². The number of hydrogen-bond donors (Lipinski definition) is 2. The molecule has 15 heavy (non-hydrogen) atoms. The summed E-state index contributed by atoms with van der Waals surface area (Å²) in [6, 6.07) is 3.86. The summed E-state index contributed by atoms with van der Waals surface area (Å²) >= 11 is 3.15. The van der Waals surface area contributed by atoms with Gasteiger partial charge < -0.3 is 11.1 Å². The van der Waals surface area contributed by atoms with Crippen molar-refractivity contribution in [1.82, 2.24) is 0 Å². The Hall–Kier alpha value is -0.940. The minimum absolute atomic E-state index is 0.131. The molecule has 0 fully saturated rings. The van der Waals surface area contributed by atoms with E-state index in [1.54, 1.807) is 19.1 Å². The highest BCUT2D eigenvalue weighted by Gasteiger charge is 2.14. The van der Waals surface area contributed by atoms with Crippen molar-refractivity contribution in [2.24, 2.45) is 5.73 Å². The van der Waals surface area contributed by atoms with E-state index in [0.29, 0.717) is 10.9 Å². The van der Waals surface area contributed by atoms with Crippen LogP contribution in [0.15, 0.2) is 22.7 Å². The Kier molecular flexibility index (Phi) is 4.23. The largest absolute Gasteiger partial charge is 0.321 e. The highest BCUT2D eigenvalue weighted by molar-refractivity contribution is 9.10. The van der Waals surface area contributed by atoms with E-state index in [1.165, 1.54) is 6.07 Å². The van der Waals surface area contributed by atoms with Crippen molar-refractivity contribution in [2.75, 3.05) is 5.32 Å². The Morgan fingerprint density at radius 2 is 2.33 bits per heavy atom. The standard InChI is InChI=1S/C10H12BrFN2O/c1-2-8(13)10(15)14-9-6(11)4-3-5-7(9)12/h3-5,8H,2,13H2,1H3,(H,14,15)/t8-/m1/s1. The highest BCUT2D eigenvalue weighted by Crippen LogP contribution is 2.25. The van der Waals surface area contributed by atoms with E-state index in [2.05, 4.69) is 21.2 Å². The molecule has 0 unspecified atom stereocenters. The van der Waals surface area contributed by atoms with E-state index in [9.17, 15) is 9.18 Å². The molecule has 0 bridgehead atoms. The number of nitrogens with one attached hydrogen (secondary N) is 1. The van der Waals surface area contributed by atoms with Gasteiger partial charge in [-0.3, -0.25) is 4.79 Å². The van der Waals surface area contributed by atoms with Crippen LogP contribution in [0.2, 0.25) is 0 Å². The Labute approximate surface area is 96.0 Å². The van der Waals surface area contributed by atoms with Crippen LogP contribution in [0.1, 0.15) is 13.3 Å². The second kappa shape index (κ2) is 5.23. The van der Waals surface area contributed by atoms with E-state index in [-0.39, 0.29) is 11.6 Å². The zero-order valence-electron chi connectivity index (χ0n) is 8.26. The van der Waals surface area contributed by atoms with E-state index < -0.39 is 11.9 Å². The first-order valence-electron chi connectivity index (χ1n) is 4.56.